The van der Waals surface area contributed by atoms with Crippen LogP contribution in [0.3, 0.4) is 0 Å². The second kappa shape index (κ2) is 5.41. The van der Waals surface area contributed by atoms with Gasteiger partial charge in [0.05, 0.1) is 6.61 Å². The fourth-order valence-electron chi connectivity index (χ4n) is 0.483. The van der Waals surface area contributed by atoms with Gasteiger partial charge in [-0.15, -0.1) is 0 Å². The zero-order valence-corrected chi connectivity index (χ0v) is 5.99. The van der Waals surface area contributed by atoms with Gasteiger partial charge in [-0.2, -0.15) is 12.6 Å². The zero-order valence-electron chi connectivity index (χ0n) is 5.09. The van der Waals surface area contributed by atoms with E-state index in [0.29, 0.717) is 0 Å². The Balaban J connectivity index is 3.07. The predicted molar refractivity (Wildman–Crippen MR) is 38.4 cm³/mol. The molecule has 0 radical (unpaired) electrons. The molecule has 0 fully saturated rings. The van der Waals surface area contributed by atoms with Gasteiger partial charge in [-0.3, -0.25) is 0 Å². The summed E-state index contributed by atoms with van der Waals surface area (Å²) in [5, 5.41) is 11.5. The molecule has 0 aliphatic heterocycles. The van der Waals surface area contributed by atoms with Gasteiger partial charge in [-0.25, -0.2) is 0 Å². The van der Waals surface area contributed by atoms with E-state index in [2.05, 4.69) is 17.9 Å². The number of thiol groups is 1. The SMILES string of the molecule is CN[C@H](CO)CCS. The number of hydrogen-bond donors (Lipinski definition) is 3. The first-order chi connectivity index (χ1) is 3.85. The first kappa shape index (κ1) is 8.27. The molecule has 0 heterocycles. The number of hydrogen-bond acceptors (Lipinski definition) is 3. The van der Waals surface area contributed by atoms with Gasteiger partial charge >= 0.3 is 0 Å². The van der Waals surface area contributed by atoms with Gasteiger partial charge < -0.3 is 10.4 Å². The van der Waals surface area contributed by atoms with Crippen molar-refractivity contribution in [2.45, 2.75) is 12.5 Å². The highest BCUT2D eigenvalue weighted by Crippen LogP contribution is 1.90. The van der Waals surface area contributed by atoms with Crippen LogP contribution in [-0.2, 0) is 0 Å². The largest absolute Gasteiger partial charge is 0.395 e. The van der Waals surface area contributed by atoms with Gasteiger partial charge in [0.15, 0.2) is 0 Å². The van der Waals surface area contributed by atoms with Gasteiger partial charge in [-0.05, 0) is 19.2 Å². The highest BCUT2D eigenvalue weighted by Gasteiger charge is 1.99. The van der Waals surface area contributed by atoms with E-state index in [9.17, 15) is 0 Å². The van der Waals surface area contributed by atoms with Crippen LogP contribution in [0.4, 0.5) is 0 Å². The Morgan fingerprint density at radius 1 is 1.75 bits per heavy atom. The minimum absolute atomic E-state index is 0.205. The van der Waals surface area contributed by atoms with Gasteiger partial charge in [-0.1, -0.05) is 0 Å². The van der Waals surface area contributed by atoms with E-state index in [0.717, 1.165) is 12.2 Å². The van der Waals surface area contributed by atoms with E-state index >= 15 is 0 Å². The van der Waals surface area contributed by atoms with E-state index in [1.165, 1.54) is 0 Å². The molecule has 0 aliphatic carbocycles. The molecule has 0 unspecified atom stereocenters. The molecular weight excluding hydrogens is 122 g/mol. The lowest BCUT2D eigenvalue weighted by Crippen LogP contribution is -2.29. The molecule has 0 aromatic carbocycles. The quantitative estimate of drug-likeness (QED) is 0.470. The van der Waals surface area contributed by atoms with E-state index in [1.54, 1.807) is 0 Å². The Kier molecular flexibility index (Phi) is 5.59. The minimum Gasteiger partial charge on any atom is -0.395 e. The maximum atomic E-state index is 8.56. The summed E-state index contributed by atoms with van der Waals surface area (Å²) in [5.41, 5.74) is 0. The summed E-state index contributed by atoms with van der Waals surface area (Å²) in [4.78, 5) is 0. The van der Waals surface area contributed by atoms with Crippen molar-refractivity contribution in [1.82, 2.24) is 5.32 Å². The van der Waals surface area contributed by atoms with Crippen LogP contribution in [0.2, 0.25) is 0 Å². The topological polar surface area (TPSA) is 32.3 Å². The van der Waals surface area contributed by atoms with Crippen molar-refractivity contribution in [3.8, 4) is 0 Å². The Labute approximate surface area is 55.7 Å². The van der Waals surface area contributed by atoms with Crippen molar-refractivity contribution >= 4 is 12.6 Å². The number of aliphatic hydroxyl groups excluding tert-OH is 1. The highest BCUT2D eigenvalue weighted by atomic mass is 32.1. The molecule has 0 bridgehead atoms. The van der Waals surface area contributed by atoms with Crippen LogP contribution < -0.4 is 5.32 Å². The van der Waals surface area contributed by atoms with Crippen LogP contribution >= 0.6 is 12.6 Å². The smallest absolute Gasteiger partial charge is 0.0584 e. The van der Waals surface area contributed by atoms with Crippen LogP contribution in [0.15, 0.2) is 0 Å². The first-order valence-corrected chi connectivity index (χ1v) is 3.37. The fraction of sp³-hybridized carbons (Fsp3) is 1.00. The normalized spacial score (nSPS) is 13.9. The van der Waals surface area contributed by atoms with Crippen LogP contribution in [0.1, 0.15) is 6.42 Å². The summed E-state index contributed by atoms with van der Waals surface area (Å²) < 4.78 is 0. The number of aliphatic hydroxyl groups is 1. The number of rotatable bonds is 4. The molecule has 0 aliphatic rings. The van der Waals surface area contributed by atoms with Crippen molar-refractivity contribution in [3.05, 3.63) is 0 Å². The summed E-state index contributed by atoms with van der Waals surface area (Å²) in [6, 6.07) is 0.229. The third-order valence-corrected chi connectivity index (χ3v) is 1.36. The summed E-state index contributed by atoms with van der Waals surface area (Å²) >= 11 is 4.02. The third kappa shape index (κ3) is 3.29. The Morgan fingerprint density at radius 3 is 2.50 bits per heavy atom. The minimum atomic E-state index is 0.205. The standard InChI is InChI=1S/C5H13NOS/c1-6-5(4-7)2-3-8/h5-8H,2-4H2,1H3/t5-/m0/s1. The van der Waals surface area contributed by atoms with Crippen LogP contribution in [0.25, 0.3) is 0 Å². The summed E-state index contributed by atoms with van der Waals surface area (Å²) in [6.45, 7) is 0.205. The molecule has 50 valence electrons. The first-order valence-electron chi connectivity index (χ1n) is 2.74. The Morgan fingerprint density at radius 2 is 2.38 bits per heavy atom. The fourth-order valence-corrected chi connectivity index (χ4v) is 0.794. The molecule has 3 heteroatoms. The third-order valence-electron chi connectivity index (χ3n) is 1.11. The van der Waals surface area contributed by atoms with E-state index in [1.807, 2.05) is 7.05 Å². The molecule has 0 aromatic rings. The molecule has 2 nitrogen and oxygen atoms in total. The van der Waals surface area contributed by atoms with Crippen molar-refractivity contribution in [3.63, 3.8) is 0 Å². The zero-order chi connectivity index (χ0) is 6.41. The second-order valence-electron chi connectivity index (χ2n) is 1.68. The molecule has 0 amide bonds. The average Bonchev–Trinajstić information content (AvgIpc) is 1.83. The highest BCUT2D eigenvalue weighted by molar-refractivity contribution is 7.80. The van der Waals surface area contributed by atoms with Crippen molar-refractivity contribution < 1.29 is 5.11 Å². The lowest BCUT2D eigenvalue weighted by atomic mass is 10.2. The maximum Gasteiger partial charge on any atom is 0.0584 e. The van der Waals surface area contributed by atoms with Crippen LogP contribution in [0.5, 0.6) is 0 Å². The monoisotopic (exact) mass is 135 g/mol. The van der Waals surface area contributed by atoms with Crippen molar-refractivity contribution in [1.29, 1.82) is 0 Å². The second-order valence-corrected chi connectivity index (χ2v) is 2.13. The van der Waals surface area contributed by atoms with E-state index in [-0.39, 0.29) is 12.6 Å². The molecule has 1 atom stereocenters. The van der Waals surface area contributed by atoms with Gasteiger partial charge in [0.25, 0.3) is 0 Å². The molecule has 0 saturated heterocycles. The maximum absolute atomic E-state index is 8.56. The van der Waals surface area contributed by atoms with E-state index in [4.69, 9.17) is 5.11 Å². The molecular formula is C5H13NOS. The van der Waals surface area contributed by atoms with Crippen LogP contribution in [0, 0.1) is 0 Å². The number of nitrogens with one attached hydrogen (secondary N) is 1. The lowest BCUT2D eigenvalue weighted by molar-refractivity contribution is 0.246. The van der Waals surface area contributed by atoms with E-state index < -0.39 is 0 Å². The molecule has 2 N–H and O–H groups in total. The van der Waals surface area contributed by atoms with Gasteiger partial charge in [0.2, 0.25) is 0 Å². The predicted octanol–water partition coefficient (Wildman–Crippen LogP) is -0.113. The Hall–Kier alpha value is 0.270. The van der Waals surface area contributed by atoms with Crippen molar-refractivity contribution in [2.75, 3.05) is 19.4 Å². The molecule has 0 spiro atoms. The Bertz CT molecular complexity index is 47.7. The summed E-state index contributed by atoms with van der Waals surface area (Å²) in [6.07, 6.45) is 0.927. The van der Waals surface area contributed by atoms with Gasteiger partial charge in [0, 0.05) is 6.04 Å². The van der Waals surface area contributed by atoms with Crippen LogP contribution in [-0.4, -0.2) is 30.6 Å². The van der Waals surface area contributed by atoms with Crippen molar-refractivity contribution in [2.24, 2.45) is 0 Å². The molecule has 0 saturated carbocycles. The number of likely N-dealkylation sites (N-methyl/N-ethyl adjacent to an activating group) is 1. The molecule has 0 aromatic heterocycles. The lowest BCUT2D eigenvalue weighted by Gasteiger charge is -2.09. The summed E-state index contributed by atoms with van der Waals surface area (Å²) in [5.74, 6) is 0.825. The molecule has 0 rings (SSSR count). The summed E-state index contributed by atoms with van der Waals surface area (Å²) in [7, 11) is 1.84. The average molecular weight is 135 g/mol. The van der Waals surface area contributed by atoms with Gasteiger partial charge in [0.1, 0.15) is 0 Å². The molecule has 8 heavy (non-hydrogen) atoms.